The van der Waals surface area contributed by atoms with E-state index in [9.17, 15) is 9.59 Å². The Bertz CT molecular complexity index is 977. The largest absolute Gasteiger partial charge is 0.348 e. The summed E-state index contributed by atoms with van der Waals surface area (Å²) in [6.45, 7) is 5.80. The van der Waals surface area contributed by atoms with Crippen LogP contribution in [-0.2, 0) is 23.8 Å². The van der Waals surface area contributed by atoms with Gasteiger partial charge in [-0.3, -0.25) is 14.3 Å². The molecule has 2 fully saturated rings. The van der Waals surface area contributed by atoms with Gasteiger partial charge in [0.05, 0.1) is 28.8 Å². The fourth-order valence-corrected chi connectivity index (χ4v) is 5.18. The Hall–Kier alpha value is -2.64. The minimum Gasteiger partial charge on any atom is -0.348 e. The Morgan fingerprint density at radius 1 is 1.17 bits per heavy atom. The molecule has 1 aliphatic carbocycles. The molecule has 1 saturated carbocycles. The summed E-state index contributed by atoms with van der Waals surface area (Å²) in [4.78, 5) is 38.2. The van der Waals surface area contributed by atoms with Crippen molar-refractivity contribution in [2.75, 3.05) is 19.6 Å². The molecule has 0 atom stereocenters. The van der Waals surface area contributed by atoms with Crippen molar-refractivity contribution >= 4 is 11.8 Å². The van der Waals surface area contributed by atoms with Crippen LogP contribution in [0, 0.1) is 19.8 Å². The van der Waals surface area contributed by atoms with E-state index in [1.54, 1.807) is 11.0 Å². The van der Waals surface area contributed by atoms with E-state index in [1.165, 1.54) is 0 Å². The smallest absolute Gasteiger partial charge is 0.257 e. The lowest BCUT2D eigenvalue weighted by atomic mass is 9.78. The molecule has 1 spiro atoms. The predicted molar refractivity (Wildman–Crippen MR) is 106 cm³/mol. The lowest BCUT2D eigenvalue weighted by Crippen LogP contribution is -2.59. The van der Waals surface area contributed by atoms with Crippen LogP contribution in [0.3, 0.4) is 0 Å². The summed E-state index contributed by atoms with van der Waals surface area (Å²) in [6, 6.07) is 0. The first-order chi connectivity index (χ1) is 13.9. The number of amides is 2. The molecule has 5 rings (SSSR count). The van der Waals surface area contributed by atoms with Gasteiger partial charge >= 0.3 is 0 Å². The van der Waals surface area contributed by atoms with Gasteiger partial charge in [0.1, 0.15) is 0 Å². The molecule has 0 radical (unpaired) electrons. The van der Waals surface area contributed by atoms with Crippen LogP contribution in [0.4, 0.5) is 0 Å². The molecule has 3 aliphatic rings. The monoisotopic (exact) mass is 396 g/mol. The minimum absolute atomic E-state index is 0.0427. The minimum atomic E-state index is -0.386. The quantitative estimate of drug-likeness (QED) is 0.837. The van der Waals surface area contributed by atoms with Gasteiger partial charge in [0.2, 0.25) is 5.91 Å². The first-order valence-electron chi connectivity index (χ1n) is 10.6. The summed E-state index contributed by atoms with van der Waals surface area (Å²) in [5, 5.41) is 4.40. The van der Waals surface area contributed by atoms with Crippen LogP contribution in [0.1, 0.15) is 58.8 Å². The number of nitrogens with zero attached hydrogens (tertiary/aromatic N) is 5. The van der Waals surface area contributed by atoms with Crippen LogP contribution in [0.5, 0.6) is 0 Å². The van der Waals surface area contributed by atoms with Gasteiger partial charge in [-0.15, -0.1) is 0 Å². The van der Waals surface area contributed by atoms with Gasteiger partial charge in [-0.25, -0.2) is 4.98 Å². The Labute approximate surface area is 170 Å². The number of H-pyrrole nitrogens is 1. The predicted octanol–water partition coefficient (Wildman–Crippen LogP) is 1.69. The van der Waals surface area contributed by atoms with Crippen LogP contribution in [-0.4, -0.2) is 61.0 Å². The van der Waals surface area contributed by atoms with Crippen LogP contribution in [0.25, 0.3) is 0 Å². The van der Waals surface area contributed by atoms with Crippen LogP contribution < -0.4 is 0 Å². The van der Waals surface area contributed by atoms with Crippen molar-refractivity contribution in [3.05, 3.63) is 34.7 Å². The molecule has 1 saturated heterocycles. The highest BCUT2D eigenvalue weighted by atomic mass is 16.2. The lowest BCUT2D eigenvalue weighted by Gasteiger charge is -2.50. The summed E-state index contributed by atoms with van der Waals surface area (Å²) in [5.74, 6) is 0.506. The molecule has 29 heavy (non-hydrogen) atoms. The zero-order valence-electron chi connectivity index (χ0n) is 17.4. The summed E-state index contributed by atoms with van der Waals surface area (Å²) in [7, 11) is 1.87. The molecule has 8 heteroatoms. The number of aromatic nitrogens is 4. The summed E-state index contributed by atoms with van der Waals surface area (Å²) in [6.07, 6.45) is 6.04. The third-order valence-corrected chi connectivity index (χ3v) is 7.05. The maximum atomic E-state index is 13.2. The topological polar surface area (TPSA) is 87.1 Å². The van der Waals surface area contributed by atoms with E-state index in [0.717, 1.165) is 61.4 Å². The number of carbonyl (C=O) groups excluding carboxylic acids is 2. The first-order valence-corrected chi connectivity index (χ1v) is 10.6. The van der Waals surface area contributed by atoms with Crippen LogP contribution >= 0.6 is 0 Å². The average Bonchev–Trinajstić information content (AvgIpc) is 3.38. The van der Waals surface area contributed by atoms with Gasteiger partial charge in [-0.2, -0.15) is 5.10 Å². The zero-order valence-corrected chi connectivity index (χ0v) is 17.4. The number of piperidine rings is 1. The molecule has 0 unspecified atom stereocenters. The molecule has 2 aliphatic heterocycles. The van der Waals surface area contributed by atoms with E-state index in [1.807, 2.05) is 25.8 Å². The summed E-state index contributed by atoms with van der Waals surface area (Å²) in [5.41, 5.74) is 4.14. The van der Waals surface area contributed by atoms with Gasteiger partial charge in [0.15, 0.2) is 0 Å². The van der Waals surface area contributed by atoms with Gasteiger partial charge in [0.25, 0.3) is 5.91 Å². The second-order valence-electron chi connectivity index (χ2n) is 8.74. The molecule has 2 amide bonds. The molecule has 0 aromatic carbocycles. The SMILES string of the molecule is Cc1nn(C)c(C)c1C(=O)N1CCC2(CC1)c1nc[nH]c1CCN2C(=O)C1CC1. The molecule has 154 valence electrons. The summed E-state index contributed by atoms with van der Waals surface area (Å²) >= 11 is 0. The number of carbonyl (C=O) groups is 2. The standard InChI is InChI=1S/C21H28N6O2/c1-13-17(14(2)25(3)24-13)20(29)26-10-7-21(8-11-26)18-16(22-12-23-18)6-9-27(21)19(28)15-4-5-15/h12,15H,4-11H2,1-3H3,(H,22,23). The van der Waals surface area contributed by atoms with Gasteiger partial charge < -0.3 is 14.8 Å². The number of likely N-dealkylation sites (tertiary alicyclic amines) is 1. The average molecular weight is 396 g/mol. The number of nitrogens with one attached hydrogen (secondary N) is 1. The Kier molecular flexibility index (Phi) is 4.08. The summed E-state index contributed by atoms with van der Waals surface area (Å²) < 4.78 is 1.77. The number of aromatic amines is 1. The molecule has 0 bridgehead atoms. The number of rotatable bonds is 2. The maximum absolute atomic E-state index is 13.2. The van der Waals surface area contributed by atoms with Crippen molar-refractivity contribution in [2.45, 2.75) is 51.5 Å². The van der Waals surface area contributed by atoms with Crippen molar-refractivity contribution in [1.29, 1.82) is 0 Å². The molecule has 4 heterocycles. The number of hydrogen-bond donors (Lipinski definition) is 1. The van der Waals surface area contributed by atoms with E-state index in [-0.39, 0.29) is 23.3 Å². The highest BCUT2D eigenvalue weighted by Crippen LogP contribution is 2.45. The molecule has 8 nitrogen and oxygen atoms in total. The third-order valence-electron chi connectivity index (χ3n) is 7.05. The second-order valence-corrected chi connectivity index (χ2v) is 8.74. The van der Waals surface area contributed by atoms with Gasteiger partial charge in [-0.05, 0) is 39.5 Å². The highest BCUT2D eigenvalue weighted by Gasteiger charge is 2.51. The fourth-order valence-electron chi connectivity index (χ4n) is 5.18. The highest BCUT2D eigenvalue weighted by molar-refractivity contribution is 5.96. The number of hydrogen-bond acceptors (Lipinski definition) is 4. The molecule has 2 aromatic rings. The molecule has 2 aromatic heterocycles. The van der Waals surface area contributed by atoms with Crippen LogP contribution in [0.15, 0.2) is 6.33 Å². The van der Waals surface area contributed by atoms with Gasteiger partial charge in [0, 0.05) is 50.4 Å². The molecule has 1 N–H and O–H groups in total. The Balaban J connectivity index is 1.42. The van der Waals surface area contributed by atoms with Crippen molar-refractivity contribution in [3.8, 4) is 0 Å². The number of imidazole rings is 1. The van der Waals surface area contributed by atoms with Crippen LogP contribution in [0.2, 0.25) is 0 Å². The normalized spacial score (nSPS) is 20.8. The number of fused-ring (bicyclic) bond motifs is 2. The van der Waals surface area contributed by atoms with Crippen molar-refractivity contribution < 1.29 is 9.59 Å². The van der Waals surface area contributed by atoms with E-state index < -0.39 is 0 Å². The number of aryl methyl sites for hydroxylation is 2. The second kappa shape index (κ2) is 6.43. The lowest BCUT2D eigenvalue weighted by molar-refractivity contribution is -0.143. The van der Waals surface area contributed by atoms with E-state index in [0.29, 0.717) is 18.7 Å². The maximum Gasteiger partial charge on any atom is 0.257 e. The zero-order chi connectivity index (χ0) is 20.3. The van der Waals surface area contributed by atoms with Crippen molar-refractivity contribution in [3.63, 3.8) is 0 Å². The van der Waals surface area contributed by atoms with Crippen molar-refractivity contribution in [1.82, 2.24) is 29.5 Å². The molecular formula is C21H28N6O2. The van der Waals surface area contributed by atoms with E-state index in [4.69, 9.17) is 0 Å². The fraction of sp³-hybridized carbons (Fsp3) is 0.619. The van der Waals surface area contributed by atoms with E-state index >= 15 is 0 Å². The first kappa shape index (κ1) is 18.4. The molecular weight excluding hydrogens is 368 g/mol. The Morgan fingerprint density at radius 2 is 1.90 bits per heavy atom. The van der Waals surface area contributed by atoms with E-state index in [2.05, 4.69) is 20.0 Å². The van der Waals surface area contributed by atoms with Gasteiger partial charge in [-0.1, -0.05) is 0 Å². The Morgan fingerprint density at radius 3 is 2.52 bits per heavy atom. The van der Waals surface area contributed by atoms with Crippen molar-refractivity contribution in [2.24, 2.45) is 13.0 Å². The third kappa shape index (κ3) is 2.72.